The van der Waals surface area contributed by atoms with E-state index in [-0.39, 0.29) is 0 Å². The minimum absolute atomic E-state index is 0.331. The van der Waals surface area contributed by atoms with Crippen molar-refractivity contribution in [1.29, 1.82) is 0 Å². The molecular formula is C23H27NO2S. The Labute approximate surface area is 162 Å². The van der Waals surface area contributed by atoms with Gasteiger partial charge < -0.3 is 0 Å². The lowest BCUT2D eigenvalue weighted by Crippen LogP contribution is -2.48. The van der Waals surface area contributed by atoms with Crippen molar-refractivity contribution in [2.45, 2.75) is 48.8 Å². The first-order chi connectivity index (χ1) is 13.0. The summed E-state index contributed by atoms with van der Waals surface area (Å²) in [5.74, 6) is 2.74. The zero-order chi connectivity index (χ0) is 18.6. The predicted molar refractivity (Wildman–Crippen MR) is 108 cm³/mol. The van der Waals surface area contributed by atoms with Crippen LogP contribution < -0.4 is 4.31 Å². The molecule has 0 saturated heterocycles. The molecule has 4 saturated carbocycles. The highest BCUT2D eigenvalue weighted by Gasteiger charge is 2.51. The Morgan fingerprint density at radius 3 is 1.85 bits per heavy atom. The first kappa shape index (κ1) is 17.3. The van der Waals surface area contributed by atoms with Gasteiger partial charge in [-0.2, -0.15) is 0 Å². The molecule has 3 nitrogen and oxygen atoms in total. The minimum atomic E-state index is -3.52. The fourth-order valence-electron chi connectivity index (χ4n) is 6.38. The standard InChI is InChI=1S/C23H27NO2S/c1-24(27(25,26)22-5-3-2-4-6-22)21-9-7-20(8-10-21)23-14-17-11-18(15-23)13-19(12-17)16-23/h2-10,17-19H,11-16H2,1H3. The van der Waals surface area contributed by atoms with E-state index in [4.69, 9.17) is 0 Å². The van der Waals surface area contributed by atoms with Crippen LogP contribution in [0.5, 0.6) is 0 Å². The summed E-state index contributed by atoms with van der Waals surface area (Å²) in [5, 5.41) is 0. The number of hydrogen-bond acceptors (Lipinski definition) is 2. The zero-order valence-corrected chi connectivity index (χ0v) is 16.7. The topological polar surface area (TPSA) is 37.4 Å². The van der Waals surface area contributed by atoms with Crippen molar-refractivity contribution in [2.75, 3.05) is 11.4 Å². The quantitative estimate of drug-likeness (QED) is 0.749. The van der Waals surface area contributed by atoms with Crippen molar-refractivity contribution < 1.29 is 8.42 Å². The molecule has 2 aromatic carbocycles. The van der Waals surface area contributed by atoms with Gasteiger partial charge in [0, 0.05) is 7.05 Å². The fraction of sp³-hybridized carbons (Fsp3) is 0.478. The molecule has 0 spiro atoms. The lowest BCUT2D eigenvalue weighted by molar-refractivity contribution is -0.00518. The van der Waals surface area contributed by atoms with Gasteiger partial charge in [-0.25, -0.2) is 8.42 Å². The lowest BCUT2D eigenvalue weighted by Gasteiger charge is -2.57. The van der Waals surface area contributed by atoms with Crippen molar-refractivity contribution in [3.05, 3.63) is 60.2 Å². The van der Waals surface area contributed by atoms with Crippen LogP contribution in [0.4, 0.5) is 5.69 Å². The number of rotatable bonds is 4. The van der Waals surface area contributed by atoms with Crippen molar-refractivity contribution in [3.63, 3.8) is 0 Å². The summed E-state index contributed by atoms with van der Waals surface area (Å²) in [6.07, 6.45) is 8.31. The van der Waals surface area contributed by atoms with E-state index in [9.17, 15) is 8.42 Å². The van der Waals surface area contributed by atoms with Crippen molar-refractivity contribution in [2.24, 2.45) is 17.8 Å². The van der Waals surface area contributed by atoms with Gasteiger partial charge in [0.15, 0.2) is 0 Å². The van der Waals surface area contributed by atoms with Crippen molar-refractivity contribution >= 4 is 15.7 Å². The molecule has 6 rings (SSSR count). The molecular weight excluding hydrogens is 354 g/mol. The normalized spacial score (nSPS) is 31.8. The molecule has 0 aliphatic heterocycles. The number of hydrogen-bond donors (Lipinski definition) is 0. The summed E-state index contributed by atoms with van der Waals surface area (Å²) in [4.78, 5) is 0.331. The van der Waals surface area contributed by atoms with E-state index in [1.54, 1.807) is 31.3 Å². The fourth-order valence-corrected chi connectivity index (χ4v) is 7.60. The van der Waals surface area contributed by atoms with Crippen LogP contribution in [0.15, 0.2) is 59.5 Å². The molecule has 2 aromatic rings. The molecule has 0 N–H and O–H groups in total. The number of sulfonamides is 1. The summed E-state index contributed by atoms with van der Waals surface area (Å²) in [6, 6.07) is 17.0. The second-order valence-electron chi connectivity index (χ2n) is 9.03. The zero-order valence-electron chi connectivity index (χ0n) is 15.8. The molecule has 142 valence electrons. The molecule has 0 amide bonds. The van der Waals surface area contributed by atoms with Gasteiger partial charge in [-0.3, -0.25) is 4.31 Å². The first-order valence-electron chi connectivity index (χ1n) is 10.1. The molecule has 4 bridgehead atoms. The van der Waals surface area contributed by atoms with E-state index < -0.39 is 10.0 Å². The van der Waals surface area contributed by atoms with Crippen LogP contribution in [0.1, 0.15) is 44.1 Å². The molecule has 4 heteroatoms. The Bertz CT molecular complexity index is 899. The molecule has 0 radical (unpaired) electrons. The van der Waals surface area contributed by atoms with E-state index in [1.165, 1.54) is 48.4 Å². The van der Waals surface area contributed by atoms with Crippen LogP contribution in [-0.4, -0.2) is 15.5 Å². The van der Waals surface area contributed by atoms with Gasteiger partial charge in [-0.1, -0.05) is 30.3 Å². The second-order valence-corrected chi connectivity index (χ2v) is 11.0. The minimum Gasteiger partial charge on any atom is -0.269 e. The third-order valence-corrected chi connectivity index (χ3v) is 9.08. The Morgan fingerprint density at radius 2 is 1.33 bits per heavy atom. The summed E-state index contributed by atoms with van der Waals surface area (Å²) < 4.78 is 27.1. The number of nitrogens with zero attached hydrogens (tertiary/aromatic N) is 1. The maximum atomic E-state index is 12.9. The number of benzene rings is 2. The summed E-state index contributed by atoms with van der Waals surface area (Å²) in [7, 11) is -1.88. The van der Waals surface area contributed by atoms with Gasteiger partial charge in [-0.15, -0.1) is 0 Å². The second kappa shape index (κ2) is 6.10. The van der Waals surface area contributed by atoms with Crippen molar-refractivity contribution in [3.8, 4) is 0 Å². The Hall–Kier alpha value is -1.81. The average molecular weight is 382 g/mol. The van der Waals surface area contributed by atoms with Crippen molar-refractivity contribution in [1.82, 2.24) is 0 Å². The van der Waals surface area contributed by atoms with E-state index in [1.807, 2.05) is 18.2 Å². The van der Waals surface area contributed by atoms with Gasteiger partial charge in [0.2, 0.25) is 0 Å². The lowest BCUT2D eigenvalue weighted by atomic mass is 9.48. The highest BCUT2D eigenvalue weighted by molar-refractivity contribution is 7.92. The maximum Gasteiger partial charge on any atom is 0.264 e. The van der Waals surface area contributed by atoms with E-state index in [0.717, 1.165) is 23.4 Å². The maximum absolute atomic E-state index is 12.9. The third-order valence-electron chi connectivity index (χ3n) is 7.28. The highest BCUT2D eigenvalue weighted by Crippen LogP contribution is 2.60. The van der Waals surface area contributed by atoms with Gasteiger partial charge in [-0.05, 0) is 91.5 Å². The smallest absolute Gasteiger partial charge is 0.264 e. The van der Waals surface area contributed by atoms with Crippen LogP contribution >= 0.6 is 0 Å². The Balaban J connectivity index is 1.43. The van der Waals surface area contributed by atoms with Crippen LogP contribution in [-0.2, 0) is 15.4 Å². The van der Waals surface area contributed by atoms with E-state index >= 15 is 0 Å². The molecule has 0 atom stereocenters. The molecule has 0 aromatic heterocycles. The molecule has 4 fully saturated rings. The molecule has 0 heterocycles. The van der Waals surface area contributed by atoms with Crippen LogP contribution in [0.3, 0.4) is 0 Å². The molecule has 4 aliphatic rings. The predicted octanol–water partition coefficient (Wildman–Crippen LogP) is 4.98. The van der Waals surface area contributed by atoms with Crippen LogP contribution in [0, 0.1) is 17.8 Å². The van der Waals surface area contributed by atoms with Crippen LogP contribution in [0.25, 0.3) is 0 Å². The van der Waals surface area contributed by atoms with E-state index in [0.29, 0.717) is 10.3 Å². The monoisotopic (exact) mass is 381 g/mol. The van der Waals surface area contributed by atoms with Gasteiger partial charge >= 0.3 is 0 Å². The average Bonchev–Trinajstić information content (AvgIpc) is 2.67. The third kappa shape index (κ3) is 2.80. The molecule has 27 heavy (non-hydrogen) atoms. The molecule has 0 unspecified atom stereocenters. The van der Waals surface area contributed by atoms with Gasteiger partial charge in [0.1, 0.15) is 0 Å². The summed E-state index contributed by atoms with van der Waals surface area (Å²) in [6.45, 7) is 0. The summed E-state index contributed by atoms with van der Waals surface area (Å²) >= 11 is 0. The molecule has 4 aliphatic carbocycles. The van der Waals surface area contributed by atoms with E-state index in [2.05, 4.69) is 12.1 Å². The summed E-state index contributed by atoms with van der Waals surface area (Å²) in [5.41, 5.74) is 2.51. The first-order valence-corrected chi connectivity index (χ1v) is 11.5. The Morgan fingerprint density at radius 1 is 0.815 bits per heavy atom. The highest BCUT2D eigenvalue weighted by atomic mass is 32.2. The largest absolute Gasteiger partial charge is 0.269 e. The Kier molecular flexibility index (Phi) is 3.91. The van der Waals surface area contributed by atoms with Gasteiger partial charge in [0.25, 0.3) is 10.0 Å². The number of anilines is 1. The SMILES string of the molecule is CN(c1ccc(C23CC4CC(CC(C4)C2)C3)cc1)S(=O)(=O)c1ccccc1. The van der Waals surface area contributed by atoms with Gasteiger partial charge in [0.05, 0.1) is 10.6 Å². The van der Waals surface area contributed by atoms with Crippen LogP contribution in [0.2, 0.25) is 0 Å².